The molecule has 0 aliphatic carbocycles. The Balaban J connectivity index is 2.20. The first kappa shape index (κ1) is 14.3. The summed E-state index contributed by atoms with van der Waals surface area (Å²) in [5, 5.41) is 2.47. The largest absolute Gasteiger partial charge is 0.487 e. The summed E-state index contributed by atoms with van der Waals surface area (Å²) < 4.78 is 32.0. The molecule has 0 aliphatic rings. The molecule has 2 rings (SSSR count). The number of rotatable bonds is 5. The van der Waals surface area contributed by atoms with E-state index in [1.165, 1.54) is 24.3 Å². The Hall–Kier alpha value is -2.14. The molecule has 0 radical (unpaired) electrons. The number of carbonyl (C=O) groups is 1. The van der Waals surface area contributed by atoms with E-state index in [0.29, 0.717) is 12.1 Å². The van der Waals surface area contributed by atoms with Crippen molar-refractivity contribution in [1.82, 2.24) is 0 Å². The fraction of sp³-hybridized carbons (Fsp3) is 0.0714. The van der Waals surface area contributed by atoms with Crippen LogP contribution >= 0.6 is 11.6 Å². The highest BCUT2D eigenvalue weighted by atomic mass is 35.5. The lowest BCUT2D eigenvalue weighted by atomic mass is 10.2. The summed E-state index contributed by atoms with van der Waals surface area (Å²) in [5.74, 6) is -0.778. The molecule has 0 bridgehead atoms. The molecule has 0 saturated heterocycles. The van der Waals surface area contributed by atoms with Crippen molar-refractivity contribution in [3.8, 4) is 5.75 Å². The molecule has 2 aromatic rings. The first-order valence-corrected chi connectivity index (χ1v) is 6.05. The summed E-state index contributed by atoms with van der Waals surface area (Å²) in [7, 11) is 0. The number of carbonyl (C=O) groups excluding carboxylic acids is 1. The minimum Gasteiger partial charge on any atom is -0.487 e. The van der Waals surface area contributed by atoms with Crippen LogP contribution in [-0.2, 0) is 11.4 Å². The number of hydrogen-bond acceptors (Lipinski definition) is 2. The summed E-state index contributed by atoms with van der Waals surface area (Å²) in [6.45, 7) is -0.145. The Morgan fingerprint density at radius 2 is 2.05 bits per heavy atom. The van der Waals surface area contributed by atoms with E-state index in [-0.39, 0.29) is 22.9 Å². The van der Waals surface area contributed by atoms with Gasteiger partial charge in [-0.1, -0.05) is 17.7 Å². The summed E-state index contributed by atoms with van der Waals surface area (Å²) in [6.07, 6.45) is 0.448. The molecule has 0 unspecified atom stereocenters. The van der Waals surface area contributed by atoms with Crippen molar-refractivity contribution >= 4 is 23.7 Å². The normalized spacial score (nSPS) is 10.2. The maximum absolute atomic E-state index is 13.7. The average molecular weight is 298 g/mol. The lowest BCUT2D eigenvalue weighted by Gasteiger charge is -2.12. The summed E-state index contributed by atoms with van der Waals surface area (Å²) in [6, 6.07) is 7.90. The van der Waals surface area contributed by atoms with Gasteiger partial charge in [0.15, 0.2) is 0 Å². The fourth-order valence-corrected chi connectivity index (χ4v) is 1.87. The molecular formula is C14H10ClF2NO2. The number of ether oxygens (including phenoxy) is 1. The van der Waals surface area contributed by atoms with Crippen LogP contribution in [-0.4, -0.2) is 6.41 Å². The number of halogens is 3. The molecule has 1 N–H and O–H groups in total. The predicted octanol–water partition coefficient (Wildman–Crippen LogP) is 3.77. The smallest absolute Gasteiger partial charge is 0.211 e. The molecule has 3 nitrogen and oxygen atoms in total. The summed E-state index contributed by atoms with van der Waals surface area (Å²) in [4.78, 5) is 10.5. The standard InChI is InChI=1S/C14H10ClF2NO2/c15-11-6-9(16)4-5-14(11)20-7-10-12(17)2-1-3-13(10)18-8-19/h1-6,8H,7H2,(H,18,19). The van der Waals surface area contributed by atoms with Gasteiger partial charge in [-0.25, -0.2) is 8.78 Å². The van der Waals surface area contributed by atoms with Crippen molar-refractivity contribution < 1.29 is 18.3 Å². The Kier molecular flexibility index (Phi) is 4.53. The van der Waals surface area contributed by atoms with Crippen LogP contribution in [0.3, 0.4) is 0 Å². The van der Waals surface area contributed by atoms with Crippen LogP contribution in [0.2, 0.25) is 5.02 Å². The van der Waals surface area contributed by atoms with E-state index in [2.05, 4.69) is 5.32 Å². The van der Waals surface area contributed by atoms with Crippen molar-refractivity contribution in [2.45, 2.75) is 6.61 Å². The van der Waals surface area contributed by atoms with Gasteiger partial charge in [-0.15, -0.1) is 0 Å². The van der Waals surface area contributed by atoms with Gasteiger partial charge in [-0.3, -0.25) is 4.79 Å². The highest BCUT2D eigenvalue weighted by Crippen LogP contribution is 2.27. The van der Waals surface area contributed by atoms with E-state index >= 15 is 0 Å². The molecule has 0 spiro atoms. The van der Waals surface area contributed by atoms with E-state index in [0.717, 1.165) is 6.07 Å². The van der Waals surface area contributed by atoms with Gasteiger partial charge >= 0.3 is 0 Å². The molecule has 2 aromatic carbocycles. The van der Waals surface area contributed by atoms with E-state index in [4.69, 9.17) is 16.3 Å². The van der Waals surface area contributed by atoms with Crippen molar-refractivity contribution in [1.29, 1.82) is 0 Å². The molecule has 0 saturated carbocycles. The van der Waals surface area contributed by atoms with Crippen LogP contribution < -0.4 is 10.1 Å². The molecule has 20 heavy (non-hydrogen) atoms. The van der Waals surface area contributed by atoms with E-state index in [1.807, 2.05) is 0 Å². The van der Waals surface area contributed by atoms with E-state index in [9.17, 15) is 13.6 Å². The molecule has 6 heteroatoms. The van der Waals surface area contributed by atoms with Crippen molar-refractivity contribution in [3.05, 3.63) is 58.6 Å². The monoisotopic (exact) mass is 297 g/mol. The molecular weight excluding hydrogens is 288 g/mol. The molecule has 0 aliphatic heterocycles. The van der Waals surface area contributed by atoms with Crippen molar-refractivity contribution in [2.75, 3.05) is 5.32 Å². The predicted molar refractivity (Wildman–Crippen MR) is 71.8 cm³/mol. The Morgan fingerprint density at radius 3 is 2.75 bits per heavy atom. The topological polar surface area (TPSA) is 38.3 Å². The zero-order valence-electron chi connectivity index (χ0n) is 10.2. The number of anilines is 1. The number of benzene rings is 2. The van der Waals surface area contributed by atoms with Crippen LogP contribution in [0.5, 0.6) is 5.75 Å². The summed E-state index contributed by atoms with van der Waals surface area (Å²) >= 11 is 5.81. The first-order chi connectivity index (χ1) is 9.61. The maximum Gasteiger partial charge on any atom is 0.211 e. The molecule has 0 aromatic heterocycles. The molecule has 0 heterocycles. The van der Waals surface area contributed by atoms with Crippen LogP contribution in [0.4, 0.5) is 14.5 Å². The van der Waals surface area contributed by atoms with Crippen LogP contribution in [0.15, 0.2) is 36.4 Å². The maximum atomic E-state index is 13.7. The van der Waals surface area contributed by atoms with Crippen molar-refractivity contribution in [3.63, 3.8) is 0 Å². The van der Waals surface area contributed by atoms with Crippen molar-refractivity contribution in [2.24, 2.45) is 0 Å². The fourth-order valence-electron chi connectivity index (χ4n) is 1.65. The minimum atomic E-state index is -0.518. The quantitative estimate of drug-likeness (QED) is 0.853. The Morgan fingerprint density at radius 1 is 1.25 bits per heavy atom. The highest BCUT2D eigenvalue weighted by Gasteiger charge is 2.10. The van der Waals surface area contributed by atoms with Crippen LogP contribution in [0.1, 0.15) is 5.56 Å². The number of nitrogens with one attached hydrogen (secondary N) is 1. The van der Waals surface area contributed by atoms with Gasteiger partial charge in [0.05, 0.1) is 10.7 Å². The molecule has 0 fully saturated rings. The lowest BCUT2D eigenvalue weighted by Crippen LogP contribution is -2.05. The Labute approximate surface area is 119 Å². The third kappa shape index (κ3) is 3.24. The first-order valence-electron chi connectivity index (χ1n) is 5.67. The third-order valence-corrected chi connectivity index (χ3v) is 2.89. The SMILES string of the molecule is O=CNc1cccc(F)c1COc1ccc(F)cc1Cl. The lowest BCUT2D eigenvalue weighted by molar-refractivity contribution is -0.105. The second-order valence-corrected chi connectivity index (χ2v) is 4.30. The van der Waals surface area contributed by atoms with Gasteiger partial charge in [0.25, 0.3) is 0 Å². The van der Waals surface area contributed by atoms with Gasteiger partial charge in [0.2, 0.25) is 6.41 Å². The summed E-state index contributed by atoms with van der Waals surface area (Å²) in [5.41, 5.74) is 0.484. The van der Waals surface area contributed by atoms with Gasteiger partial charge < -0.3 is 10.1 Å². The second-order valence-electron chi connectivity index (χ2n) is 3.89. The molecule has 104 valence electrons. The highest BCUT2D eigenvalue weighted by molar-refractivity contribution is 6.32. The van der Waals surface area contributed by atoms with Gasteiger partial charge in [0, 0.05) is 5.56 Å². The van der Waals surface area contributed by atoms with E-state index in [1.54, 1.807) is 6.07 Å². The van der Waals surface area contributed by atoms with E-state index < -0.39 is 11.6 Å². The van der Waals surface area contributed by atoms with Gasteiger partial charge in [0.1, 0.15) is 24.0 Å². The number of hydrogen-bond donors (Lipinski definition) is 1. The van der Waals surface area contributed by atoms with Gasteiger partial charge in [-0.05, 0) is 30.3 Å². The third-order valence-electron chi connectivity index (χ3n) is 2.60. The zero-order valence-corrected chi connectivity index (χ0v) is 11.0. The van der Waals surface area contributed by atoms with Gasteiger partial charge in [-0.2, -0.15) is 0 Å². The van der Waals surface area contributed by atoms with Crippen LogP contribution in [0.25, 0.3) is 0 Å². The Bertz CT molecular complexity index is 635. The second kappa shape index (κ2) is 6.34. The number of amides is 1. The zero-order chi connectivity index (χ0) is 14.5. The van der Waals surface area contributed by atoms with Crippen LogP contribution in [0, 0.1) is 11.6 Å². The molecule has 0 atom stereocenters. The minimum absolute atomic E-state index is 0.0891. The average Bonchev–Trinajstić information content (AvgIpc) is 2.40. The molecule has 1 amide bonds.